The number of likely N-dealkylation sites (tertiary alicyclic amines) is 1. The maximum Gasteiger partial charge on any atom is 0.271 e. The Morgan fingerprint density at radius 2 is 2.00 bits per heavy atom. The van der Waals surface area contributed by atoms with Crippen LogP contribution in [0.15, 0.2) is 16.9 Å². The molecule has 2 aliphatic rings. The van der Waals surface area contributed by atoms with Gasteiger partial charge in [-0.3, -0.25) is 9.59 Å². The van der Waals surface area contributed by atoms with Crippen molar-refractivity contribution in [1.29, 1.82) is 0 Å². The molecule has 1 amide bonds. The molecule has 1 aromatic heterocycles. The zero-order valence-corrected chi connectivity index (χ0v) is 14.5. The summed E-state index contributed by atoms with van der Waals surface area (Å²) in [6.45, 7) is 3.24. The third kappa shape index (κ3) is 4.44. The molecular formula is C18H28N4O2. The van der Waals surface area contributed by atoms with E-state index in [0.717, 1.165) is 31.8 Å². The number of aromatic nitrogens is 2. The Morgan fingerprint density at radius 1 is 1.21 bits per heavy atom. The number of hydrogen-bond donors (Lipinski definition) is 1. The fourth-order valence-electron chi connectivity index (χ4n) is 3.96. The number of aryl methyl sites for hydroxylation is 1. The van der Waals surface area contributed by atoms with Crippen molar-refractivity contribution in [2.75, 3.05) is 19.6 Å². The molecule has 1 saturated heterocycles. The monoisotopic (exact) mass is 332 g/mol. The van der Waals surface area contributed by atoms with Gasteiger partial charge in [-0.25, -0.2) is 4.68 Å². The number of amides is 1. The minimum atomic E-state index is -0.206. The summed E-state index contributed by atoms with van der Waals surface area (Å²) in [7, 11) is 1.56. The SMILES string of the molecule is Cn1nc(C(=O)NC2CCCN(CC3CCCCC3)C2)ccc1=O. The van der Waals surface area contributed by atoms with E-state index in [2.05, 4.69) is 15.3 Å². The molecule has 1 aliphatic heterocycles. The summed E-state index contributed by atoms with van der Waals surface area (Å²) in [5.74, 6) is 0.647. The third-order valence-corrected chi connectivity index (χ3v) is 5.27. The van der Waals surface area contributed by atoms with Gasteiger partial charge < -0.3 is 10.2 Å². The van der Waals surface area contributed by atoms with Gasteiger partial charge in [-0.2, -0.15) is 5.10 Å². The quantitative estimate of drug-likeness (QED) is 0.908. The van der Waals surface area contributed by atoms with Crippen LogP contribution in [0.25, 0.3) is 0 Å². The van der Waals surface area contributed by atoms with Gasteiger partial charge in [0.05, 0.1) is 0 Å². The Labute approximate surface area is 143 Å². The summed E-state index contributed by atoms with van der Waals surface area (Å²) < 4.78 is 1.20. The van der Waals surface area contributed by atoms with Crippen molar-refractivity contribution in [3.63, 3.8) is 0 Å². The molecule has 3 rings (SSSR count). The van der Waals surface area contributed by atoms with E-state index in [0.29, 0.717) is 5.69 Å². The molecule has 1 saturated carbocycles. The minimum absolute atomic E-state index is 0.175. The number of carbonyl (C=O) groups is 1. The Morgan fingerprint density at radius 3 is 2.75 bits per heavy atom. The maximum absolute atomic E-state index is 12.4. The van der Waals surface area contributed by atoms with E-state index in [-0.39, 0.29) is 17.5 Å². The molecule has 0 aromatic carbocycles. The fourth-order valence-corrected chi connectivity index (χ4v) is 3.96. The summed E-state index contributed by atoms with van der Waals surface area (Å²) in [6.07, 6.45) is 8.98. The van der Waals surface area contributed by atoms with E-state index in [1.54, 1.807) is 7.05 Å². The summed E-state index contributed by atoms with van der Waals surface area (Å²) in [5.41, 5.74) is 0.101. The van der Waals surface area contributed by atoms with Gasteiger partial charge in [0.25, 0.3) is 11.5 Å². The highest BCUT2D eigenvalue weighted by atomic mass is 16.2. The molecule has 0 bridgehead atoms. The van der Waals surface area contributed by atoms with Crippen molar-refractivity contribution in [3.05, 3.63) is 28.2 Å². The zero-order chi connectivity index (χ0) is 16.9. The van der Waals surface area contributed by atoms with Crippen molar-refractivity contribution >= 4 is 5.91 Å². The first kappa shape index (κ1) is 17.1. The molecule has 0 radical (unpaired) electrons. The zero-order valence-electron chi connectivity index (χ0n) is 14.5. The third-order valence-electron chi connectivity index (χ3n) is 5.27. The van der Waals surface area contributed by atoms with Gasteiger partial charge in [0.1, 0.15) is 5.69 Å². The lowest BCUT2D eigenvalue weighted by Crippen LogP contribution is -2.49. The van der Waals surface area contributed by atoms with Crippen LogP contribution in [0.3, 0.4) is 0 Å². The first-order chi connectivity index (χ1) is 11.6. The Balaban J connectivity index is 1.53. The predicted octanol–water partition coefficient (Wildman–Crippen LogP) is 1.55. The number of rotatable bonds is 4. The van der Waals surface area contributed by atoms with Gasteiger partial charge >= 0.3 is 0 Å². The van der Waals surface area contributed by atoms with E-state index in [1.165, 1.54) is 55.5 Å². The average molecular weight is 332 g/mol. The van der Waals surface area contributed by atoms with E-state index < -0.39 is 0 Å². The van der Waals surface area contributed by atoms with Gasteiger partial charge in [0, 0.05) is 32.2 Å². The van der Waals surface area contributed by atoms with Crippen molar-refractivity contribution in [3.8, 4) is 0 Å². The lowest BCUT2D eigenvalue weighted by Gasteiger charge is -2.36. The molecule has 132 valence electrons. The highest BCUT2D eigenvalue weighted by molar-refractivity contribution is 5.92. The maximum atomic E-state index is 12.4. The number of carbonyl (C=O) groups excluding carboxylic acids is 1. The van der Waals surface area contributed by atoms with Crippen LogP contribution in [0, 0.1) is 5.92 Å². The van der Waals surface area contributed by atoms with Gasteiger partial charge in [0.15, 0.2) is 0 Å². The topological polar surface area (TPSA) is 67.2 Å². The largest absolute Gasteiger partial charge is 0.347 e. The van der Waals surface area contributed by atoms with E-state index in [9.17, 15) is 9.59 Å². The summed E-state index contributed by atoms with van der Waals surface area (Å²) in [4.78, 5) is 26.3. The smallest absolute Gasteiger partial charge is 0.271 e. The second-order valence-corrected chi connectivity index (χ2v) is 7.26. The molecule has 1 aromatic rings. The van der Waals surface area contributed by atoms with Crippen LogP contribution in [-0.2, 0) is 7.05 Å². The molecule has 6 heteroatoms. The van der Waals surface area contributed by atoms with E-state index in [4.69, 9.17) is 0 Å². The molecule has 1 aliphatic carbocycles. The van der Waals surface area contributed by atoms with Crippen molar-refractivity contribution in [2.45, 2.75) is 51.0 Å². The highest BCUT2D eigenvalue weighted by Gasteiger charge is 2.25. The predicted molar refractivity (Wildman–Crippen MR) is 93.0 cm³/mol. The highest BCUT2D eigenvalue weighted by Crippen LogP contribution is 2.25. The second kappa shape index (κ2) is 7.92. The molecule has 0 spiro atoms. The Kier molecular flexibility index (Phi) is 5.66. The van der Waals surface area contributed by atoms with E-state index >= 15 is 0 Å². The molecular weight excluding hydrogens is 304 g/mol. The second-order valence-electron chi connectivity index (χ2n) is 7.26. The molecule has 2 fully saturated rings. The molecule has 6 nitrogen and oxygen atoms in total. The number of hydrogen-bond acceptors (Lipinski definition) is 4. The first-order valence-electron chi connectivity index (χ1n) is 9.19. The van der Waals surface area contributed by atoms with Crippen LogP contribution in [0.1, 0.15) is 55.4 Å². The Bertz CT molecular complexity index is 622. The van der Waals surface area contributed by atoms with Crippen molar-refractivity contribution < 1.29 is 4.79 Å². The number of nitrogens with one attached hydrogen (secondary N) is 1. The first-order valence-corrected chi connectivity index (χ1v) is 9.19. The summed E-state index contributed by atoms with van der Waals surface area (Å²) in [6, 6.07) is 3.06. The van der Waals surface area contributed by atoms with Gasteiger partial charge in [-0.15, -0.1) is 0 Å². The minimum Gasteiger partial charge on any atom is -0.347 e. The molecule has 1 N–H and O–H groups in total. The van der Waals surface area contributed by atoms with Gasteiger partial charge in [-0.1, -0.05) is 19.3 Å². The fraction of sp³-hybridized carbons (Fsp3) is 0.722. The lowest BCUT2D eigenvalue weighted by atomic mass is 9.88. The normalized spacial score (nSPS) is 23.1. The number of nitrogens with zero attached hydrogens (tertiary/aromatic N) is 3. The van der Waals surface area contributed by atoms with Crippen molar-refractivity contribution in [1.82, 2.24) is 20.0 Å². The molecule has 2 heterocycles. The average Bonchev–Trinajstić information content (AvgIpc) is 2.58. The van der Waals surface area contributed by atoms with Crippen LogP contribution in [0.5, 0.6) is 0 Å². The van der Waals surface area contributed by atoms with Crippen LogP contribution < -0.4 is 10.9 Å². The van der Waals surface area contributed by atoms with Crippen molar-refractivity contribution in [2.24, 2.45) is 13.0 Å². The van der Waals surface area contributed by atoms with Crippen LogP contribution in [-0.4, -0.2) is 46.3 Å². The number of piperidine rings is 1. The molecule has 24 heavy (non-hydrogen) atoms. The van der Waals surface area contributed by atoms with E-state index in [1.807, 2.05) is 0 Å². The summed E-state index contributed by atoms with van der Waals surface area (Å²) in [5, 5.41) is 7.12. The van der Waals surface area contributed by atoms with Gasteiger partial charge in [-0.05, 0) is 44.2 Å². The van der Waals surface area contributed by atoms with Crippen LogP contribution in [0.4, 0.5) is 0 Å². The standard InChI is InChI=1S/C18H28N4O2/c1-21-17(23)10-9-16(20-21)18(24)19-15-8-5-11-22(13-15)12-14-6-3-2-4-7-14/h9-10,14-15H,2-8,11-13H2,1H3,(H,19,24). The Hall–Kier alpha value is -1.69. The molecule has 1 atom stereocenters. The van der Waals surface area contributed by atoms with Crippen LogP contribution in [0.2, 0.25) is 0 Å². The lowest BCUT2D eigenvalue weighted by molar-refractivity contribution is 0.0883. The van der Waals surface area contributed by atoms with Crippen LogP contribution >= 0.6 is 0 Å². The van der Waals surface area contributed by atoms with Gasteiger partial charge in [0.2, 0.25) is 0 Å². The summed E-state index contributed by atoms with van der Waals surface area (Å²) >= 11 is 0. The molecule has 1 unspecified atom stereocenters.